The molecule has 7 nitrogen and oxygen atoms in total. The lowest BCUT2D eigenvalue weighted by molar-refractivity contribution is -0.658. The molecule has 1 aromatic heterocycles. The standard InChI is InChI=1S/C26H32N6OS.ClH/c1-31-23-8-4-5-9-24(23)34-26(31)18-20-10-17-32(22-7-3-2-6-21(20)22)19-25(33)30-16-15-29-14-13-28-12-11-27;/h2-10,17-18,28-29H,11-16,19,27H2,1H3;1H. The quantitative estimate of drug-likeness (QED) is 0.193. The van der Waals surface area contributed by atoms with Crippen molar-refractivity contribution in [2.75, 3.05) is 51.2 Å². The van der Waals surface area contributed by atoms with Crippen molar-refractivity contribution >= 4 is 40.3 Å². The normalized spacial score (nSPS) is 13.7. The van der Waals surface area contributed by atoms with E-state index >= 15 is 0 Å². The van der Waals surface area contributed by atoms with Gasteiger partial charge in [0, 0.05) is 63.3 Å². The SMILES string of the molecule is CN1/C(=C/c2cc[n+](CC(=O)NCCNCCNCCN)c3ccccc23)Sc2ccccc21.[Cl-]. The van der Waals surface area contributed by atoms with Gasteiger partial charge in [0.05, 0.1) is 16.1 Å². The first kappa shape index (κ1) is 27.0. The minimum absolute atomic E-state index is 0. The molecule has 0 atom stereocenters. The van der Waals surface area contributed by atoms with E-state index in [0.29, 0.717) is 13.1 Å². The van der Waals surface area contributed by atoms with Crippen LogP contribution in [0, 0.1) is 0 Å². The highest BCUT2D eigenvalue weighted by Gasteiger charge is 2.22. The van der Waals surface area contributed by atoms with Gasteiger partial charge in [-0.15, -0.1) is 0 Å². The average Bonchev–Trinajstić information content (AvgIpc) is 3.17. The number of nitrogens with one attached hydrogen (secondary N) is 3. The Balaban J connectivity index is 0.00000342. The zero-order valence-corrected chi connectivity index (χ0v) is 21.5. The molecule has 0 bridgehead atoms. The minimum atomic E-state index is 0. The van der Waals surface area contributed by atoms with Crippen molar-refractivity contribution < 1.29 is 21.8 Å². The lowest BCUT2D eigenvalue weighted by Gasteiger charge is -2.13. The van der Waals surface area contributed by atoms with Crippen LogP contribution in [0.3, 0.4) is 0 Å². The number of nitrogens with zero attached hydrogens (tertiary/aromatic N) is 2. The second-order valence-electron chi connectivity index (χ2n) is 8.17. The van der Waals surface area contributed by atoms with Crippen LogP contribution >= 0.6 is 11.8 Å². The highest BCUT2D eigenvalue weighted by Crippen LogP contribution is 2.45. The second-order valence-corrected chi connectivity index (χ2v) is 9.23. The lowest BCUT2D eigenvalue weighted by Crippen LogP contribution is -3.00. The first-order valence-corrected chi connectivity index (χ1v) is 12.5. The van der Waals surface area contributed by atoms with E-state index in [1.807, 2.05) is 22.9 Å². The number of nitrogens with two attached hydrogens (primary N) is 1. The highest BCUT2D eigenvalue weighted by molar-refractivity contribution is 8.03. The third-order valence-corrected chi connectivity index (χ3v) is 6.91. The predicted molar refractivity (Wildman–Crippen MR) is 141 cm³/mol. The smallest absolute Gasteiger partial charge is 0.286 e. The van der Waals surface area contributed by atoms with Gasteiger partial charge in [-0.2, -0.15) is 4.57 Å². The number of fused-ring (bicyclic) bond motifs is 2. The maximum Gasteiger partial charge on any atom is 0.286 e. The Morgan fingerprint density at radius 1 is 1.00 bits per heavy atom. The van der Waals surface area contributed by atoms with E-state index < -0.39 is 0 Å². The van der Waals surface area contributed by atoms with Crippen LogP contribution in [-0.4, -0.2) is 52.2 Å². The summed E-state index contributed by atoms with van der Waals surface area (Å²) in [4.78, 5) is 16.1. The Morgan fingerprint density at radius 3 is 2.51 bits per heavy atom. The van der Waals surface area contributed by atoms with Crippen LogP contribution in [0.15, 0.2) is 70.7 Å². The fourth-order valence-electron chi connectivity index (χ4n) is 3.98. The molecule has 35 heavy (non-hydrogen) atoms. The highest BCUT2D eigenvalue weighted by atomic mass is 35.5. The number of benzene rings is 2. The number of rotatable bonds is 11. The molecule has 1 aliphatic heterocycles. The van der Waals surface area contributed by atoms with Crippen LogP contribution in [0.5, 0.6) is 0 Å². The number of hydrogen-bond acceptors (Lipinski definition) is 6. The van der Waals surface area contributed by atoms with Crippen LogP contribution in [0.1, 0.15) is 5.56 Å². The fourth-order valence-corrected chi connectivity index (χ4v) is 5.08. The zero-order chi connectivity index (χ0) is 23.8. The molecule has 0 unspecified atom stereocenters. The molecule has 4 rings (SSSR count). The number of amides is 1. The average molecular weight is 513 g/mol. The third-order valence-electron chi connectivity index (χ3n) is 5.75. The number of anilines is 1. The molecule has 186 valence electrons. The van der Waals surface area contributed by atoms with Crippen molar-refractivity contribution in [2.24, 2.45) is 5.73 Å². The fraction of sp³-hybridized carbons (Fsp3) is 0.308. The van der Waals surface area contributed by atoms with Gasteiger partial charge in [-0.25, -0.2) is 0 Å². The summed E-state index contributed by atoms with van der Waals surface area (Å²) in [5.41, 5.74) is 8.86. The summed E-state index contributed by atoms with van der Waals surface area (Å²) in [6.07, 6.45) is 4.23. The molecule has 1 amide bonds. The monoisotopic (exact) mass is 512 g/mol. The van der Waals surface area contributed by atoms with Gasteiger partial charge in [0.1, 0.15) is 0 Å². The van der Waals surface area contributed by atoms with Crippen LogP contribution < -0.4 is 43.6 Å². The van der Waals surface area contributed by atoms with Gasteiger partial charge < -0.3 is 39.0 Å². The van der Waals surface area contributed by atoms with Gasteiger partial charge in [-0.1, -0.05) is 36.0 Å². The molecule has 0 radical (unpaired) electrons. The molecule has 0 saturated carbocycles. The molecule has 0 fully saturated rings. The Labute approximate surface area is 217 Å². The van der Waals surface area contributed by atoms with E-state index in [9.17, 15) is 4.79 Å². The van der Waals surface area contributed by atoms with E-state index in [4.69, 9.17) is 5.73 Å². The summed E-state index contributed by atoms with van der Waals surface area (Å²) in [6.45, 7) is 4.81. The summed E-state index contributed by atoms with van der Waals surface area (Å²) >= 11 is 1.78. The van der Waals surface area contributed by atoms with Crippen LogP contribution in [0.2, 0.25) is 0 Å². The number of hydrogen-bond donors (Lipinski definition) is 4. The molecule has 1 aliphatic rings. The molecule has 0 aliphatic carbocycles. The third kappa shape index (κ3) is 6.96. The maximum absolute atomic E-state index is 12.6. The Morgan fingerprint density at radius 2 is 1.71 bits per heavy atom. The topological polar surface area (TPSA) is 86.3 Å². The van der Waals surface area contributed by atoms with Crippen molar-refractivity contribution in [2.45, 2.75) is 11.4 Å². The van der Waals surface area contributed by atoms with Crippen molar-refractivity contribution in [3.05, 3.63) is 71.4 Å². The number of thioether (sulfide) groups is 1. The first-order valence-electron chi connectivity index (χ1n) is 11.7. The molecule has 5 N–H and O–H groups in total. The molecule has 3 aromatic rings. The molecule has 0 spiro atoms. The van der Waals surface area contributed by atoms with E-state index in [-0.39, 0.29) is 24.9 Å². The first-order chi connectivity index (χ1) is 16.7. The van der Waals surface area contributed by atoms with Crippen LogP contribution in [-0.2, 0) is 11.3 Å². The molecular formula is C26H33ClN6OS. The molecule has 2 aromatic carbocycles. The van der Waals surface area contributed by atoms with E-state index in [0.717, 1.165) is 42.6 Å². The number of para-hydroxylation sites is 2. The van der Waals surface area contributed by atoms with E-state index in [1.165, 1.54) is 15.6 Å². The summed E-state index contributed by atoms with van der Waals surface area (Å²) in [6, 6.07) is 18.8. The van der Waals surface area contributed by atoms with Crippen molar-refractivity contribution in [1.82, 2.24) is 16.0 Å². The number of carbonyl (C=O) groups is 1. The van der Waals surface area contributed by atoms with E-state index in [1.54, 1.807) is 11.8 Å². The van der Waals surface area contributed by atoms with E-state index in [2.05, 4.69) is 76.4 Å². The van der Waals surface area contributed by atoms with Crippen molar-refractivity contribution in [3.8, 4) is 0 Å². The summed E-state index contributed by atoms with van der Waals surface area (Å²) < 4.78 is 2.01. The lowest BCUT2D eigenvalue weighted by atomic mass is 10.1. The number of halogens is 1. The molecule has 2 heterocycles. The van der Waals surface area contributed by atoms with Crippen molar-refractivity contribution in [3.63, 3.8) is 0 Å². The van der Waals surface area contributed by atoms with Gasteiger partial charge in [0.15, 0.2) is 6.20 Å². The minimum Gasteiger partial charge on any atom is -1.00 e. The molecule has 9 heteroatoms. The molecule has 0 saturated heterocycles. The van der Waals surface area contributed by atoms with Crippen molar-refractivity contribution in [1.29, 1.82) is 0 Å². The van der Waals surface area contributed by atoms with Gasteiger partial charge in [0.2, 0.25) is 12.1 Å². The number of aromatic nitrogens is 1. The Hall–Kier alpha value is -2.62. The largest absolute Gasteiger partial charge is 1.00 e. The number of pyridine rings is 1. The maximum atomic E-state index is 12.6. The van der Waals surface area contributed by atoms with Gasteiger partial charge in [-0.05, 0) is 29.8 Å². The Kier molecular flexibility index (Phi) is 10.4. The predicted octanol–water partition coefficient (Wildman–Crippen LogP) is -1.07. The summed E-state index contributed by atoms with van der Waals surface area (Å²) in [7, 11) is 2.10. The van der Waals surface area contributed by atoms with Gasteiger partial charge >= 0.3 is 0 Å². The van der Waals surface area contributed by atoms with Gasteiger partial charge in [-0.3, -0.25) is 4.79 Å². The summed E-state index contributed by atoms with van der Waals surface area (Å²) in [5, 5.41) is 11.9. The van der Waals surface area contributed by atoms with Crippen LogP contribution in [0.4, 0.5) is 5.69 Å². The second kappa shape index (κ2) is 13.5. The zero-order valence-electron chi connectivity index (χ0n) is 20.0. The summed E-state index contributed by atoms with van der Waals surface area (Å²) in [5.74, 6) is 0.00541. The number of carbonyl (C=O) groups excluding carboxylic acids is 1. The van der Waals surface area contributed by atoms with Gasteiger partial charge in [0.25, 0.3) is 5.91 Å². The molecular weight excluding hydrogens is 480 g/mol. The van der Waals surface area contributed by atoms with Crippen LogP contribution in [0.25, 0.3) is 17.0 Å². The Bertz CT molecular complexity index is 1170.